The zero-order valence-electron chi connectivity index (χ0n) is 11.0. The lowest BCUT2D eigenvalue weighted by molar-refractivity contribution is -0.123. The normalized spacial score (nSPS) is 12.1. The molecule has 17 heavy (non-hydrogen) atoms. The number of carbonyl (C=O) groups is 1. The first-order valence-electron chi connectivity index (χ1n) is 5.63. The van der Waals surface area contributed by atoms with Crippen molar-refractivity contribution in [1.29, 1.82) is 0 Å². The zero-order valence-corrected chi connectivity index (χ0v) is 11.0. The van der Waals surface area contributed by atoms with Crippen molar-refractivity contribution in [3.63, 3.8) is 0 Å². The Morgan fingerprint density at radius 1 is 1.29 bits per heavy atom. The van der Waals surface area contributed by atoms with Gasteiger partial charge in [-0.15, -0.1) is 0 Å². The number of nitrogens with one attached hydrogen (secondary N) is 2. The molecule has 1 rings (SSSR count). The Morgan fingerprint density at radius 2 is 1.88 bits per heavy atom. The van der Waals surface area contributed by atoms with Crippen LogP contribution < -0.4 is 15.6 Å². The first-order chi connectivity index (χ1) is 8.01. The lowest BCUT2D eigenvalue weighted by Crippen LogP contribution is -2.37. The number of benzene rings is 1. The summed E-state index contributed by atoms with van der Waals surface area (Å²) in [6, 6.07) is 3.97. The Balaban J connectivity index is 3.11. The summed E-state index contributed by atoms with van der Waals surface area (Å²) in [5.41, 5.74) is 8.45. The molecule has 0 aliphatic carbocycles. The average Bonchev–Trinajstić information content (AvgIpc) is 2.31. The molecule has 0 aromatic heterocycles. The Bertz CT molecular complexity index is 416. The number of aryl methyl sites for hydroxylation is 2. The molecule has 1 unspecified atom stereocenters. The van der Waals surface area contributed by atoms with Gasteiger partial charge in [0.1, 0.15) is 5.75 Å². The third-order valence-corrected chi connectivity index (χ3v) is 2.95. The number of amides is 1. The average molecular weight is 236 g/mol. The van der Waals surface area contributed by atoms with Crippen molar-refractivity contribution in [2.24, 2.45) is 0 Å². The van der Waals surface area contributed by atoms with E-state index in [1.807, 2.05) is 32.9 Å². The molecule has 0 fully saturated rings. The van der Waals surface area contributed by atoms with Gasteiger partial charge in [0.25, 0.3) is 0 Å². The van der Waals surface area contributed by atoms with Gasteiger partial charge >= 0.3 is 0 Å². The summed E-state index contributed by atoms with van der Waals surface area (Å²) in [7, 11) is 3.29. The van der Waals surface area contributed by atoms with Crippen LogP contribution in [0.15, 0.2) is 12.1 Å². The Hall–Kier alpha value is -1.55. The Labute approximate surface area is 102 Å². The van der Waals surface area contributed by atoms with Crippen molar-refractivity contribution in [2.45, 2.75) is 26.7 Å². The largest absolute Gasteiger partial charge is 0.496 e. The van der Waals surface area contributed by atoms with E-state index in [1.165, 1.54) is 0 Å². The highest BCUT2D eigenvalue weighted by Gasteiger charge is 2.19. The van der Waals surface area contributed by atoms with Crippen molar-refractivity contribution in [1.82, 2.24) is 10.9 Å². The molecular weight excluding hydrogens is 216 g/mol. The SMILES string of the molecule is CNNC(=O)C(C)c1cc(C)c(C)cc1OC. The third kappa shape index (κ3) is 2.97. The van der Waals surface area contributed by atoms with E-state index in [0.717, 1.165) is 22.4 Å². The van der Waals surface area contributed by atoms with Crippen molar-refractivity contribution in [2.75, 3.05) is 14.2 Å². The highest BCUT2D eigenvalue weighted by atomic mass is 16.5. The zero-order chi connectivity index (χ0) is 13.0. The van der Waals surface area contributed by atoms with Crippen molar-refractivity contribution in [3.05, 3.63) is 28.8 Å². The Morgan fingerprint density at radius 3 is 2.41 bits per heavy atom. The van der Waals surface area contributed by atoms with E-state index in [9.17, 15) is 4.79 Å². The summed E-state index contributed by atoms with van der Waals surface area (Å²) >= 11 is 0. The summed E-state index contributed by atoms with van der Waals surface area (Å²) in [4.78, 5) is 11.8. The number of methoxy groups -OCH3 is 1. The van der Waals surface area contributed by atoms with Crippen LogP contribution in [0.2, 0.25) is 0 Å². The number of hydrazine groups is 1. The van der Waals surface area contributed by atoms with Crippen LogP contribution in [0.3, 0.4) is 0 Å². The monoisotopic (exact) mass is 236 g/mol. The van der Waals surface area contributed by atoms with Crippen molar-refractivity contribution in [3.8, 4) is 5.75 Å². The van der Waals surface area contributed by atoms with Gasteiger partial charge in [-0.05, 0) is 38.0 Å². The minimum atomic E-state index is -0.253. The van der Waals surface area contributed by atoms with Crippen LogP contribution in [0.4, 0.5) is 0 Å². The molecule has 0 aliphatic rings. The maximum Gasteiger partial charge on any atom is 0.241 e. The first kappa shape index (κ1) is 13.5. The maximum absolute atomic E-state index is 11.8. The Kier molecular flexibility index (Phi) is 4.52. The lowest BCUT2D eigenvalue weighted by atomic mass is 9.95. The van der Waals surface area contributed by atoms with Gasteiger partial charge in [0, 0.05) is 12.6 Å². The summed E-state index contributed by atoms with van der Waals surface area (Å²) < 4.78 is 5.33. The second kappa shape index (κ2) is 5.68. The predicted octanol–water partition coefficient (Wildman–Crippen LogP) is 1.67. The molecule has 1 amide bonds. The summed E-state index contributed by atoms with van der Waals surface area (Å²) in [5.74, 6) is 0.428. The van der Waals surface area contributed by atoms with Crippen molar-refractivity contribution >= 4 is 5.91 Å². The molecule has 0 aliphatic heterocycles. The van der Waals surface area contributed by atoms with E-state index in [1.54, 1.807) is 14.2 Å². The minimum Gasteiger partial charge on any atom is -0.496 e. The quantitative estimate of drug-likeness (QED) is 0.782. The fraction of sp³-hybridized carbons (Fsp3) is 0.462. The van der Waals surface area contributed by atoms with E-state index in [4.69, 9.17) is 4.74 Å². The number of carbonyl (C=O) groups excluding carboxylic acids is 1. The highest BCUT2D eigenvalue weighted by Crippen LogP contribution is 2.29. The van der Waals surface area contributed by atoms with Gasteiger partial charge in [-0.3, -0.25) is 10.2 Å². The molecule has 2 N–H and O–H groups in total. The second-order valence-electron chi connectivity index (χ2n) is 4.14. The second-order valence-corrected chi connectivity index (χ2v) is 4.14. The van der Waals surface area contributed by atoms with Gasteiger partial charge in [0.15, 0.2) is 0 Å². The van der Waals surface area contributed by atoms with Crippen LogP contribution in [0.5, 0.6) is 5.75 Å². The molecule has 0 saturated carbocycles. The van der Waals surface area contributed by atoms with E-state index in [-0.39, 0.29) is 11.8 Å². The summed E-state index contributed by atoms with van der Waals surface area (Å²) in [5, 5.41) is 0. The third-order valence-electron chi connectivity index (χ3n) is 2.95. The standard InChI is InChI=1S/C13H20N2O2/c1-8-6-11(10(3)13(16)15-14-4)12(17-5)7-9(8)2/h6-7,10,14H,1-5H3,(H,15,16). The van der Waals surface area contributed by atoms with Crippen molar-refractivity contribution < 1.29 is 9.53 Å². The van der Waals surface area contributed by atoms with Crippen LogP contribution in [-0.2, 0) is 4.79 Å². The number of ether oxygens (including phenoxy) is 1. The van der Waals surface area contributed by atoms with Gasteiger partial charge in [0.05, 0.1) is 13.0 Å². The molecule has 0 saturated heterocycles. The summed E-state index contributed by atoms with van der Waals surface area (Å²) in [6.45, 7) is 5.92. The van der Waals surface area contributed by atoms with Crippen LogP contribution in [-0.4, -0.2) is 20.1 Å². The van der Waals surface area contributed by atoms with Gasteiger partial charge in [-0.2, -0.15) is 0 Å². The van der Waals surface area contributed by atoms with E-state index < -0.39 is 0 Å². The molecule has 94 valence electrons. The molecular formula is C13H20N2O2. The highest BCUT2D eigenvalue weighted by molar-refractivity contribution is 5.83. The minimum absolute atomic E-state index is 0.0750. The molecule has 4 heteroatoms. The number of hydrogen-bond donors (Lipinski definition) is 2. The van der Waals surface area contributed by atoms with Gasteiger partial charge < -0.3 is 4.74 Å². The summed E-state index contributed by atoms with van der Waals surface area (Å²) in [6.07, 6.45) is 0. The van der Waals surface area contributed by atoms with E-state index in [2.05, 4.69) is 10.9 Å². The lowest BCUT2D eigenvalue weighted by Gasteiger charge is -2.17. The fourth-order valence-electron chi connectivity index (χ4n) is 1.70. The van der Waals surface area contributed by atoms with Gasteiger partial charge in [-0.1, -0.05) is 6.07 Å². The van der Waals surface area contributed by atoms with E-state index >= 15 is 0 Å². The number of hydrogen-bond acceptors (Lipinski definition) is 3. The van der Waals surface area contributed by atoms with Crippen LogP contribution in [0.25, 0.3) is 0 Å². The molecule has 0 radical (unpaired) electrons. The molecule has 4 nitrogen and oxygen atoms in total. The molecule has 1 atom stereocenters. The predicted molar refractivity (Wildman–Crippen MR) is 68.1 cm³/mol. The fourth-order valence-corrected chi connectivity index (χ4v) is 1.70. The van der Waals surface area contributed by atoms with Crippen LogP contribution >= 0.6 is 0 Å². The molecule has 0 heterocycles. The van der Waals surface area contributed by atoms with Gasteiger partial charge in [-0.25, -0.2) is 5.43 Å². The molecule has 0 bridgehead atoms. The van der Waals surface area contributed by atoms with Crippen LogP contribution in [0.1, 0.15) is 29.5 Å². The first-order valence-corrected chi connectivity index (χ1v) is 5.63. The van der Waals surface area contributed by atoms with E-state index in [0.29, 0.717) is 0 Å². The van der Waals surface area contributed by atoms with Crippen LogP contribution in [0, 0.1) is 13.8 Å². The van der Waals surface area contributed by atoms with Gasteiger partial charge in [0.2, 0.25) is 5.91 Å². The molecule has 1 aromatic carbocycles. The maximum atomic E-state index is 11.8. The molecule has 0 spiro atoms. The molecule has 1 aromatic rings. The smallest absolute Gasteiger partial charge is 0.241 e. The number of rotatable bonds is 4. The topological polar surface area (TPSA) is 50.4 Å².